The molecule has 1 aromatic heterocycles. The van der Waals surface area contributed by atoms with E-state index in [0.29, 0.717) is 18.4 Å². The number of hydrogen-bond acceptors (Lipinski definition) is 2. The summed E-state index contributed by atoms with van der Waals surface area (Å²) in [5.74, 6) is 2.26. The minimum atomic E-state index is 0. The Hall–Kier alpha value is -0.720. The van der Waals surface area contributed by atoms with E-state index in [0.717, 1.165) is 24.4 Å². The first kappa shape index (κ1) is 15.3. The first-order valence-electron chi connectivity index (χ1n) is 6.24. The fraction of sp³-hybridized carbons (Fsp3) is 0.615. The lowest BCUT2D eigenvalue weighted by atomic mass is 10.0. The summed E-state index contributed by atoms with van der Waals surface area (Å²) in [4.78, 5) is 6.59. The second-order valence-electron chi connectivity index (χ2n) is 4.89. The summed E-state index contributed by atoms with van der Waals surface area (Å²) in [5, 5.41) is 0. The van der Waals surface area contributed by atoms with Crippen molar-refractivity contribution in [3.63, 3.8) is 0 Å². The van der Waals surface area contributed by atoms with Gasteiger partial charge in [-0.3, -0.25) is 0 Å². The molecule has 1 aliphatic heterocycles. The second kappa shape index (κ2) is 7.01. The van der Waals surface area contributed by atoms with E-state index in [1.54, 1.807) is 6.26 Å². The van der Waals surface area contributed by atoms with Gasteiger partial charge in [0.15, 0.2) is 5.96 Å². The molecule has 0 aromatic carbocycles. The van der Waals surface area contributed by atoms with Gasteiger partial charge in [0.1, 0.15) is 12.3 Å². The van der Waals surface area contributed by atoms with Crippen molar-refractivity contribution in [3.8, 4) is 0 Å². The highest BCUT2D eigenvalue weighted by molar-refractivity contribution is 14.0. The summed E-state index contributed by atoms with van der Waals surface area (Å²) in [6, 6.07) is 1.95. The molecule has 0 spiro atoms. The van der Waals surface area contributed by atoms with Crippen LogP contribution in [0.1, 0.15) is 31.1 Å². The summed E-state index contributed by atoms with van der Waals surface area (Å²) in [7, 11) is 0. The third-order valence-corrected chi connectivity index (χ3v) is 3.33. The molecule has 2 N–H and O–H groups in total. The zero-order valence-corrected chi connectivity index (χ0v) is 13.4. The Labute approximate surface area is 126 Å². The third-order valence-electron chi connectivity index (χ3n) is 3.33. The number of furan rings is 1. The van der Waals surface area contributed by atoms with Crippen LogP contribution >= 0.6 is 24.0 Å². The molecule has 1 aromatic rings. The van der Waals surface area contributed by atoms with Gasteiger partial charge >= 0.3 is 0 Å². The summed E-state index contributed by atoms with van der Waals surface area (Å²) >= 11 is 0. The lowest BCUT2D eigenvalue weighted by Crippen LogP contribution is -2.43. The van der Waals surface area contributed by atoms with Gasteiger partial charge in [-0.05, 0) is 37.3 Å². The predicted octanol–water partition coefficient (Wildman–Crippen LogP) is 2.75. The van der Waals surface area contributed by atoms with Crippen LogP contribution < -0.4 is 5.73 Å². The van der Waals surface area contributed by atoms with Gasteiger partial charge in [0, 0.05) is 13.1 Å². The number of aryl methyl sites for hydroxylation is 1. The molecule has 2 rings (SSSR count). The molecule has 0 aliphatic carbocycles. The van der Waals surface area contributed by atoms with Crippen molar-refractivity contribution < 1.29 is 4.42 Å². The van der Waals surface area contributed by atoms with Crippen LogP contribution in [0.15, 0.2) is 21.7 Å². The Morgan fingerprint density at radius 3 is 3.00 bits per heavy atom. The summed E-state index contributed by atoms with van der Waals surface area (Å²) < 4.78 is 5.34. The maximum atomic E-state index is 6.01. The van der Waals surface area contributed by atoms with Gasteiger partial charge in [0.25, 0.3) is 0 Å². The Morgan fingerprint density at radius 2 is 2.39 bits per heavy atom. The summed E-state index contributed by atoms with van der Waals surface area (Å²) in [5.41, 5.74) is 7.14. The summed E-state index contributed by atoms with van der Waals surface area (Å²) in [6.07, 6.45) is 4.19. The number of guanidine groups is 1. The molecule has 0 amide bonds. The van der Waals surface area contributed by atoms with E-state index in [2.05, 4.69) is 16.8 Å². The maximum absolute atomic E-state index is 6.01. The largest absolute Gasteiger partial charge is 0.467 e. The van der Waals surface area contributed by atoms with E-state index in [9.17, 15) is 0 Å². The number of nitrogens with zero attached hydrogens (tertiary/aromatic N) is 2. The molecule has 4 nitrogen and oxygen atoms in total. The fourth-order valence-electron chi connectivity index (χ4n) is 2.22. The van der Waals surface area contributed by atoms with E-state index >= 15 is 0 Å². The standard InChI is InChI=1S/C13H21N3O.HI/c1-10-4-3-6-16(9-10)13(14)15-8-12-11(2)5-7-17-12;/h5,7,10H,3-4,6,8-9H2,1-2H3,(H2,14,15);1H. The van der Waals surface area contributed by atoms with Crippen LogP contribution in [0.5, 0.6) is 0 Å². The molecule has 1 fully saturated rings. The molecular weight excluding hydrogens is 341 g/mol. The van der Waals surface area contributed by atoms with Crippen LogP contribution in [0.4, 0.5) is 0 Å². The van der Waals surface area contributed by atoms with Crippen LogP contribution in [0.25, 0.3) is 0 Å². The molecule has 5 heteroatoms. The van der Waals surface area contributed by atoms with Gasteiger partial charge in [0.05, 0.1) is 6.26 Å². The molecule has 1 unspecified atom stereocenters. The van der Waals surface area contributed by atoms with Crippen LogP contribution in [0.2, 0.25) is 0 Å². The summed E-state index contributed by atoms with van der Waals surface area (Å²) in [6.45, 7) is 6.86. The molecular formula is C13H22IN3O. The molecule has 1 saturated heterocycles. The van der Waals surface area contributed by atoms with E-state index in [-0.39, 0.29) is 24.0 Å². The number of halogens is 1. The quantitative estimate of drug-likeness (QED) is 0.500. The van der Waals surface area contributed by atoms with Crippen molar-refractivity contribution in [3.05, 3.63) is 23.7 Å². The van der Waals surface area contributed by atoms with Crippen molar-refractivity contribution >= 4 is 29.9 Å². The first-order chi connectivity index (χ1) is 8.16. The van der Waals surface area contributed by atoms with Gasteiger partial charge < -0.3 is 15.1 Å². The van der Waals surface area contributed by atoms with Crippen LogP contribution in [-0.2, 0) is 6.54 Å². The minimum Gasteiger partial charge on any atom is -0.467 e. The molecule has 1 atom stereocenters. The number of nitrogens with two attached hydrogens (primary N) is 1. The SMILES string of the molecule is Cc1ccoc1CN=C(N)N1CCCC(C)C1.I. The smallest absolute Gasteiger partial charge is 0.191 e. The van der Waals surface area contributed by atoms with E-state index in [1.165, 1.54) is 12.8 Å². The zero-order valence-electron chi connectivity index (χ0n) is 11.1. The second-order valence-corrected chi connectivity index (χ2v) is 4.89. The average Bonchev–Trinajstić information content (AvgIpc) is 2.72. The Bertz CT molecular complexity index is 403. The fourth-order valence-corrected chi connectivity index (χ4v) is 2.22. The highest BCUT2D eigenvalue weighted by Crippen LogP contribution is 2.15. The Balaban J connectivity index is 0.00000162. The number of likely N-dealkylation sites (tertiary alicyclic amines) is 1. The maximum Gasteiger partial charge on any atom is 0.191 e. The topological polar surface area (TPSA) is 54.8 Å². The number of rotatable bonds is 2. The molecule has 102 valence electrons. The van der Waals surface area contributed by atoms with Crippen molar-refractivity contribution in [2.24, 2.45) is 16.6 Å². The minimum absolute atomic E-state index is 0. The van der Waals surface area contributed by atoms with Crippen LogP contribution in [0, 0.1) is 12.8 Å². The zero-order chi connectivity index (χ0) is 12.3. The third kappa shape index (κ3) is 3.90. The highest BCUT2D eigenvalue weighted by Gasteiger charge is 2.17. The number of hydrogen-bond donors (Lipinski definition) is 1. The number of piperidine rings is 1. The normalized spacial score (nSPS) is 20.7. The van der Waals surface area contributed by atoms with Gasteiger partial charge in [-0.15, -0.1) is 24.0 Å². The van der Waals surface area contributed by atoms with Crippen molar-refractivity contribution in [2.45, 2.75) is 33.2 Å². The Morgan fingerprint density at radius 1 is 1.61 bits per heavy atom. The Kier molecular flexibility index (Phi) is 5.98. The van der Waals surface area contributed by atoms with Gasteiger partial charge in [0.2, 0.25) is 0 Å². The van der Waals surface area contributed by atoms with E-state index in [4.69, 9.17) is 10.2 Å². The van der Waals surface area contributed by atoms with Crippen molar-refractivity contribution in [2.75, 3.05) is 13.1 Å². The van der Waals surface area contributed by atoms with Crippen LogP contribution in [0.3, 0.4) is 0 Å². The highest BCUT2D eigenvalue weighted by atomic mass is 127. The molecule has 1 aliphatic rings. The van der Waals surface area contributed by atoms with E-state index in [1.807, 2.05) is 13.0 Å². The van der Waals surface area contributed by atoms with E-state index < -0.39 is 0 Å². The molecule has 0 bridgehead atoms. The first-order valence-corrected chi connectivity index (χ1v) is 6.24. The molecule has 2 heterocycles. The van der Waals surface area contributed by atoms with Crippen molar-refractivity contribution in [1.82, 2.24) is 4.90 Å². The van der Waals surface area contributed by atoms with Crippen LogP contribution in [-0.4, -0.2) is 23.9 Å². The molecule has 0 radical (unpaired) electrons. The lowest BCUT2D eigenvalue weighted by molar-refractivity contribution is 0.270. The number of aliphatic imine (C=N–C) groups is 1. The predicted molar refractivity (Wildman–Crippen MR) is 84.2 cm³/mol. The molecule has 0 saturated carbocycles. The van der Waals surface area contributed by atoms with Gasteiger partial charge in [-0.25, -0.2) is 4.99 Å². The van der Waals surface area contributed by atoms with Gasteiger partial charge in [-0.2, -0.15) is 0 Å². The monoisotopic (exact) mass is 363 g/mol. The van der Waals surface area contributed by atoms with Gasteiger partial charge in [-0.1, -0.05) is 6.92 Å². The average molecular weight is 363 g/mol. The van der Waals surface area contributed by atoms with Crippen molar-refractivity contribution in [1.29, 1.82) is 0 Å². The molecule has 18 heavy (non-hydrogen) atoms. The lowest BCUT2D eigenvalue weighted by Gasteiger charge is -2.31.